The van der Waals surface area contributed by atoms with E-state index in [2.05, 4.69) is 15.2 Å². The van der Waals surface area contributed by atoms with E-state index in [4.69, 9.17) is 12.2 Å². The number of H-pyrrole nitrogens is 3. The van der Waals surface area contributed by atoms with E-state index in [9.17, 15) is 9.59 Å². The van der Waals surface area contributed by atoms with Gasteiger partial charge >= 0.3 is 0 Å². The Morgan fingerprint density at radius 3 is 2.46 bits per heavy atom. The van der Waals surface area contributed by atoms with Crippen LogP contribution in [0, 0.1) is 4.77 Å². The van der Waals surface area contributed by atoms with Crippen LogP contribution in [0.25, 0.3) is 11.0 Å². The van der Waals surface area contributed by atoms with Gasteiger partial charge in [0.1, 0.15) is 11.0 Å². The third-order valence-electron chi connectivity index (χ3n) is 1.84. The summed E-state index contributed by atoms with van der Waals surface area (Å²) in [6.07, 6.45) is 0. The minimum Gasteiger partial charge on any atom is -0.326 e. The van der Waals surface area contributed by atoms with Gasteiger partial charge in [0.15, 0.2) is 4.77 Å². The minimum atomic E-state index is -0.388. The van der Waals surface area contributed by atoms with Crippen LogP contribution in [0.3, 0.4) is 0 Å². The molecule has 0 saturated heterocycles. The van der Waals surface area contributed by atoms with Gasteiger partial charge < -0.3 is 9.55 Å². The van der Waals surface area contributed by atoms with Gasteiger partial charge in [-0.05, 0) is 12.2 Å². The van der Waals surface area contributed by atoms with Crippen molar-refractivity contribution in [3.05, 3.63) is 25.5 Å². The van der Waals surface area contributed by atoms with Gasteiger partial charge in [-0.2, -0.15) is 0 Å². The predicted octanol–water partition coefficient (Wildman–Crippen LogP) is -0.388. The maximum atomic E-state index is 11.3. The van der Waals surface area contributed by atoms with Gasteiger partial charge in [0, 0.05) is 7.05 Å². The second kappa shape index (κ2) is 2.43. The summed E-state index contributed by atoms with van der Waals surface area (Å²) in [5.74, 6) is 0. The number of nitrogens with zero attached hydrogens (tertiary/aromatic N) is 1. The van der Waals surface area contributed by atoms with Crippen molar-refractivity contribution in [1.82, 2.24) is 19.7 Å². The first-order valence-electron chi connectivity index (χ1n) is 3.51. The molecule has 0 aliphatic rings. The number of aryl methyl sites for hydroxylation is 1. The maximum absolute atomic E-state index is 11.3. The summed E-state index contributed by atoms with van der Waals surface area (Å²) < 4.78 is 1.80. The first kappa shape index (κ1) is 7.99. The largest absolute Gasteiger partial charge is 0.326 e. The van der Waals surface area contributed by atoms with Gasteiger partial charge in [0.2, 0.25) is 0 Å². The van der Waals surface area contributed by atoms with Crippen molar-refractivity contribution in [2.24, 2.45) is 7.05 Å². The Balaban J connectivity index is 3.29. The van der Waals surface area contributed by atoms with Crippen LogP contribution in [-0.4, -0.2) is 19.7 Å². The fraction of sp³-hybridized carbons (Fsp3) is 0.167. The quantitative estimate of drug-likeness (QED) is 0.504. The molecular formula is C6H6N4O2S. The lowest BCUT2D eigenvalue weighted by molar-refractivity contribution is 0.905. The van der Waals surface area contributed by atoms with Gasteiger partial charge in [-0.25, -0.2) is 0 Å². The monoisotopic (exact) mass is 198 g/mol. The van der Waals surface area contributed by atoms with E-state index in [0.717, 1.165) is 0 Å². The summed E-state index contributed by atoms with van der Waals surface area (Å²) in [5.41, 5.74) is -0.296. The van der Waals surface area contributed by atoms with Crippen molar-refractivity contribution in [2.75, 3.05) is 0 Å². The molecule has 0 spiro atoms. The van der Waals surface area contributed by atoms with E-state index in [-0.39, 0.29) is 22.2 Å². The third kappa shape index (κ3) is 0.970. The van der Waals surface area contributed by atoms with Gasteiger partial charge in [0.25, 0.3) is 11.1 Å². The molecule has 0 saturated carbocycles. The van der Waals surface area contributed by atoms with E-state index >= 15 is 0 Å². The zero-order valence-electron chi connectivity index (χ0n) is 6.67. The third-order valence-corrected chi connectivity index (χ3v) is 2.22. The summed E-state index contributed by atoms with van der Waals surface area (Å²) in [6, 6.07) is 0. The lowest BCUT2D eigenvalue weighted by Crippen LogP contribution is -2.19. The molecule has 2 heterocycles. The van der Waals surface area contributed by atoms with Crippen LogP contribution >= 0.6 is 12.2 Å². The molecule has 0 atom stereocenters. The molecule has 0 aliphatic heterocycles. The average Bonchev–Trinajstić information content (AvgIpc) is 2.38. The summed E-state index contributed by atoms with van der Waals surface area (Å²) in [6.45, 7) is 0. The van der Waals surface area contributed by atoms with Crippen molar-refractivity contribution in [3.63, 3.8) is 0 Å². The number of aromatic amines is 3. The average molecular weight is 198 g/mol. The van der Waals surface area contributed by atoms with Crippen LogP contribution in [-0.2, 0) is 7.05 Å². The number of fused-ring (bicyclic) bond motifs is 1. The Morgan fingerprint density at radius 2 is 1.85 bits per heavy atom. The molecule has 68 valence electrons. The number of imidazole rings is 1. The lowest BCUT2D eigenvalue weighted by Gasteiger charge is -1.90. The van der Waals surface area contributed by atoms with Crippen molar-refractivity contribution >= 4 is 23.3 Å². The molecule has 6 nitrogen and oxygen atoms in total. The standard InChI is InChI=1S/C6H6N4O2S/c1-10-3-2(7-6(10)13)4(11)8-9-5(3)12/h1H3,(H,7,13)(H,8,11)(H,9,12). The van der Waals surface area contributed by atoms with Crippen molar-refractivity contribution < 1.29 is 0 Å². The van der Waals surface area contributed by atoms with Crippen molar-refractivity contribution in [1.29, 1.82) is 0 Å². The number of hydrogen-bond acceptors (Lipinski definition) is 3. The Labute approximate surface area is 76.2 Å². The molecule has 0 fully saturated rings. The Morgan fingerprint density at radius 1 is 1.23 bits per heavy atom. The van der Waals surface area contributed by atoms with Crippen LogP contribution in [0.15, 0.2) is 9.59 Å². The maximum Gasteiger partial charge on any atom is 0.288 e. The number of rotatable bonds is 0. The first-order chi connectivity index (χ1) is 6.11. The second-order valence-electron chi connectivity index (χ2n) is 2.62. The summed E-state index contributed by atoms with van der Waals surface area (Å²) in [7, 11) is 1.62. The molecule has 3 N–H and O–H groups in total. The highest BCUT2D eigenvalue weighted by Gasteiger charge is 2.07. The fourth-order valence-electron chi connectivity index (χ4n) is 1.18. The molecule has 2 aromatic rings. The first-order valence-corrected chi connectivity index (χ1v) is 3.92. The number of nitrogens with one attached hydrogen (secondary N) is 3. The van der Waals surface area contributed by atoms with Gasteiger partial charge in [-0.3, -0.25) is 19.8 Å². The molecule has 0 unspecified atom stereocenters. The molecular weight excluding hydrogens is 192 g/mol. The highest BCUT2D eigenvalue weighted by Crippen LogP contribution is 2.00. The molecule has 0 aliphatic carbocycles. The SMILES string of the molecule is Cn1c(=S)[nH]c2c(=O)[nH][nH]c(=O)c21. The number of hydrogen-bond donors (Lipinski definition) is 3. The summed E-state index contributed by atoms with van der Waals surface area (Å²) >= 11 is 4.88. The highest BCUT2D eigenvalue weighted by molar-refractivity contribution is 7.71. The smallest absolute Gasteiger partial charge is 0.288 e. The van der Waals surface area contributed by atoms with Gasteiger partial charge in [0.05, 0.1) is 0 Å². The summed E-state index contributed by atoms with van der Waals surface area (Å²) in [5, 5.41) is 4.42. The van der Waals surface area contributed by atoms with Gasteiger partial charge in [-0.1, -0.05) is 0 Å². The van der Waals surface area contributed by atoms with Crippen LogP contribution in [0.5, 0.6) is 0 Å². The molecule has 2 rings (SSSR count). The molecule has 7 heteroatoms. The molecule has 0 radical (unpaired) electrons. The predicted molar refractivity (Wildman–Crippen MR) is 49.3 cm³/mol. The lowest BCUT2D eigenvalue weighted by atomic mass is 10.4. The molecule has 0 aromatic carbocycles. The summed E-state index contributed by atoms with van der Waals surface area (Å²) in [4.78, 5) is 25.1. The molecule has 2 aromatic heterocycles. The Bertz CT molecular complexity index is 628. The highest BCUT2D eigenvalue weighted by atomic mass is 32.1. The van der Waals surface area contributed by atoms with Crippen LogP contribution in [0.4, 0.5) is 0 Å². The molecule has 13 heavy (non-hydrogen) atoms. The van der Waals surface area contributed by atoms with Crippen LogP contribution in [0.1, 0.15) is 0 Å². The van der Waals surface area contributed by atoms with E-state index < -0.39 is 0 Å². The van der Waals surface area contributed by atoms with Gasteiger partial charge in [-0.15, -0.1) is 0 Å². The topological polar surface area (TPSA) is 86.4 Å². The van der Waals surface area contributed by atoms with Crippen molar-refractivity contribution in [3.8, 4) is 0 Å². The van der Waals surface area contributed by atoms with Crippen molar-refractivity contribution in [2.45, 2.75) is 0 Å². The fourth-order valence-corrected chi connectivity index (χ4v) is 1.38. The minimum absolute atomic E-state index is 0.205. The Kier molecular flexibility index (Phi) is 1.49. The normalized spacial score (nSPS) is 10.8. The zero-order valence-corrected chi connectivity index (χ0v) is 7.49. The van der Waals surface area contributed by atoms with Crippen LogP contribution < -0.4 is 11.1 Å². The van der Waals surface area contributed by atoms with E-state index in [0.29, 0.717) is 4.77 Å². The van der Waals surface area contributed by atoms with E-state index in [1.165, 1.54) is 4.57 Å². The molecule has 0 amide bonds. The molecule has 0 bridgehead atoms. The Hall–Kier alpha value is -1.63. The van der Waals surface area contributed by atoms with Crippen LogP contribution in [0.2, 0.25) is 0 Å². The van der Waals surface area contributed by atoms with E-state index in [1.807, 2.05) is 0 Å². The second-order valence-corrected chi connectivity index (χ2v) is 3.01. The number of aromatic nitrogens is 4. The zero-order chi connectivity index (χ0) is 9.59. The van der Waals surface area contributed by atoms with E-state index in [1.54, 1.807) is 7.05 Å².